The van der Waals surface area contributed by atoms with Crippen molar-refractivity contribution >= 4 is 17.6 Å². The first-order valence-corrected chi connectivity index (χ1v) is 3.98. The Bertz CT molecular complexity index is 439. The van der Waals surface area contributed by atoms with E-state index in [1.54, 1.807) is 0 Å². The van der Waals surface area contributed by atoms with Crippen molar-refractivity contribution in [1.29, 1.82) is 0 Å². The third-order valence-electron chi connectivity index (χ3n) is 1.39. The zero-order valence-electron chi connectivity index (χ0n) is 8.39. The van der Waals surface area contributed by atoms with Crippen molar-refractivity contribution in [1.82, 2.24) is 4.98 Å². The summed E-state index contributed by atoms with van der Waals surface area (Å²) in [6, 6.07) is 1.09. The second kappa shape index (κ2) is 5.65. The summed E-state index contributed by atoms with van der Waals surface area (Å²) in [6.07, 6.45) is -3.97. The highest BCUT2D eigenvalue weighted by molar-refractivity contribution is 5.91. The van der Waals surface area contributed by atoms with Crippen LogP contribution < -0.4 is 5.73 Å². The number of nitrogens with one attached hydrogen (secondary N) is 1. The van der Waals surface area contributed by atoms with Crippen LogP contribution in [-0.4, -0.2) is 33.1 Å². The maximum atomic E-state index is 10.6. The molecule has 0 radical (unpaired) electrons. The fraction of sp³-hybridized carbons (Fsp3) is 0.143. The van der Waals surface area contributed by atoms with Crippen molar-refractivity contribution in [2.24, 2.45) is 5.73 Å². The van der Waals surface area contributed by atoms with Gasteiger partial charge in [-0.15, -0.1) is 0 Å². The number of carbonyl (C=O) groups excluding carboxylic acids is 1. The zero-order valence-corrected chi connectivity index (χ0v) is 8.39. The molecule has 0 aliphatic rings. The highest BCUT2D eigenvalue weighted by Gasteiger charge is 2.38. The molecule has 0 fully saturated rings. The Labute approximate surface area is 96.3 Å². The van der Waals surface area contributed by atoms with E-state index in [9.17, 15) is 28.1 Å². The van der Waals surface area contributed by atoms with Gasteiger partial charge in [0.1, 0.15) is 5.69 Å². The maximum Gasteiger partial charge on any atom is 0.490 e. The molecule has 1 amide bonds. The molecule has 0 atom stereocenters. The lowest BCUT2D eigenvalue weighted by Crippen LogP contribution is -2.21. The summed E-state index contributed by atoms with van der Waals surface area (Å²) < 4.78 is 31.7. The molecule has 1 aromatic heterocycles. The number of halogens is 3. The fourth-order valence-electron chi connectivity index (χ4n) is 0.631. The van der Waals surface area contributed by atoms with E-state index in [2.05, 4.69) is 4.98 Å². The van der Waals surface area contributed by atoms with Crippen molar-refractivity contribution in [3.05, 3.63) is 28.1 Å². The summed E-state index contributed by atoms with van der Waals surface area (Å²) in [5.41, 5.74) is 4.71. The van der Waals surface area contributed by atoms with Gasteiger partial charge in [-0.05, 0) is 0 Å². The zero-order chi connectivity index (χ0) is 14.5. The van der Waals surface area contributed by atoms with E-state index in [-0.39, 0.29) is 11.4 Å². The number of nitro groups is 1. The standard InChI is InChI=1S/C5H5N3O3.C2HF3O2/c6-5(9)4-1-3(2-7-4)8(10)11;3-2(4,5)1(6)7/h1-2,7H,(H2,6,9);(H,6,7). The molecule has 18 heavy (non-hydrogen) atoms. The molecular weight excluding hydrogens is 263 g/mol. The van der Waals surface area contributed by atoms with E-state index in [4.69, 9.17) is 15.6 Å². The fourth-order valence-corrected chi connectivity index (χ4v) is 0.631. The Morgan fingerprint density at radius 1 is 1.44 bits per heavy atom. The van der Waals surface area contributed by atoms with Crippen molar-refractivity contribution in [2.45, 2.75) is 6.18 Å². The van der Waals surface area contributed by atoms with Crippen LogP contribution in [0.1, 0.15) is 10.5 Å². The molecule has 11 heteroatoms. The van der Waals surface area contributed by atoms with E-state index in [1.165, 1.54) is 0 Å². The first-order valence-electron chi connectivity index (χ1n) is 3.98. The Balaban J connectivity index is 0.000000360. The Morgan fingerprint density at radius 3 is 2.06 bits per heavy atom. The summed E-state index contributed by atoms with van der Waals surface area (Å²) >= 11 is 0. The number of aliphatic carboxylic acids is 1. The quantitative estimate of drug-likeness (QED) is 0.534. The number of primary amides is 1. The molecule has 100 valence electrons. The molecule has 0 spiro atoms. The van der Waals surface area contributed by atoms with Crippen molar-refractivity contribution in [3.8, 4) is 0 Å². The first kappa shape index (κ1) is 15.4. The van der Waals surface area contributed by atoms with E-state index in [1.807, 2.05) is 0 Å². The first-order chi connectivity index (χ1) is 8.05. The third kappa shape index (κ3) is 4.96. The normalized spacial score (nSPS) is 10.2. The van der Waals surface area contributed by atoms with Gasteiger partial charge in [0.05, 0.1) is 11.1 Å². The van der Waals surface area contributed by atoms with Crippen LogP contribution in [0.25, 0.3) is 0 Å². The number of nitrogens with zero attached hydrogens (tertiary/aromatic N) is 1. The van der Waals surface area contributed by atoms with Gasteiger partial charge < -0.3 is 15.8 Å². The van der Waals surface area contributed by atoms with Crippen LogP contribution in [0.15, 0.2) is 12.3 Å². The predicted molar refractivity (Wildman–Crippen MR) is 49.7 cm³/mol. The predicted octanol–water partition coefficient (Wildman–Crippen LogP) is 0.655. The number of alkyl halides is 3. The minimum absolute atomic E-state index is 0.0386. The van der Waals surface area contributed by atoms with Gasteiger partial charge in [-0.2, -0.15) is 13.2 Å². The number of carboxylic acids is 1. The number of carbonyl (C=O) groups is 2. The number of carboxylic acid groups (broad SMARTS) is 1. The van der Waals surface area contributed by atoms with Crippen molar-refractivity contribution in [2.75, 3.05) is 0 Å². The van der Waals surface area contributed by atoms with Gasteiger partial charge in [0.25, 0.3) is 11.6 Å². The van der Waals surface area contributed by atoms with Crippen LogP contribution in [0, 0.1) is 10.1 Å². The molecule has 0 aromatic carbocycles. The van der Waals surface area contributed by atoms with Crippen LogP contribution in [0.3, 0.4) is 0 Å². The highest BCUT2D eigenvalue weighted by atomic mass is 19.4. The van der Waals surface area contributed by atoms with Crippen LogP contribution in [0.4, 0.5) is 18.9 Å². The minimum Gasteiger partial charge on any atom is -0.475 e. The number of H-pyrrole nitrogens is 1. The highest BCUT2D eigenvalue weighted by Crippen LogP contribution is 2.13. The summed E-state index contributed by atoms with van der Waals surface area (Å²) in [7, 11) is 0. The molecule has 8 nitrogen and oxygen atoms in total. The summed E-state index contributed by atoms with van der Waals surface area (Å²) in [5, 5.41) is 17.2. The van der Waals surface area contributed by atoms with E-state index in [0.29, 0.717) is 0 Å². The number of aromatic nitrogens is 1. The van der Waals surface area contributed by atoms with E-state index >= 15 is 0 Å². The molecule has 0 unspecified atom stereocenters. The topological polar surface area (TPSA) is 139 Å². The lowest BCUT2D eigenvalue weighted by atomic mass is 10.4. The number of nitrogens with two attached hydrogens (primary N) is 1. The Kier molecular flexibility index (Phi) is 4.84. The van der Waals surface area contributed by atoms with Gasteiger partial charge in [0.15, 0.2) is 0 Å². The maximum absolute atomic E-state index is 10.6. The lowest BCUT2D eigenvalue weighted by Gasteiger charge is -1.93. The monoisotopic (exact) mass is 269 g/mol. The summed E-state index contributed by atoms with van der Waals surface area (Å²) in [4.78, 5) is 31.1. The van der Waals surface area contributed by atoms with Crippen LogP contribution in [0.2, 0.25) is 0 Å². The second-order valence-corrected chi connectivity index (χ2v) is 2.70. The lowest BCUT2D eigenvalue weighted by molar-refractivity contribution is -0.384. The SMILES string of the molecule is NC(=O)c1cc([N+](=O)[O-])c[nH]1.O=C(O)C(F)(F)F. The molecule has 4 N–H and O–H groups in total. The molecule has 0 bridgehead atoms. The number of aromatic amines is 1. The number of hydrogen-bond acceptors (Lipinski definition) is 4. The van der Waals surface area contributed by atoms with Crippen LogP contribution in [0.5, 0.6) is 0 Å². The van der Waals surface area contributed by atoms with Crippen molar-refractivity contribution < 1.29 is 32.8 Å². The molecule has 1 aromatic rings. The largest absolute Gasteiger partial charge is 0.490 e. The van der Waals surface area contributed by atoms with Crippen LogP contribution in [-0.2, 0) is 4.79 Å². The average Bonchev–Trinajstić information content (AvgIpc) is 2.65. The molecule has 1 heterocycles. The summed E-state index contributed by atoms with van der Waals surface area (Å²) in [5.74, 6) is -3.47. The van der Waals surface area contributed by atoms with E-state index in [0.717, 1.165) is 12.3 Å². The van der Waals surface area contributed by atoms with Gasteiger partial charge in [-0.25, -0.2) is 4.79 Å². The Hall–Kier alpha value is -2.59. The molecular formula is C7H6F3N3O5. The van der Waals surface area contributed by atoms with Gasteiger partial charge in [-0.3, -0.25) is 14.9 Å². The molecule has 1 rings (SSSR count). The minimum atomic E-state index is -5.08. The molecule has 0 saturated carbocycles. The molecule has 0 aliphatic carbocycles. The molecule has 0 saturated heterocycles. The third-order valence-corrected chi connectivity index (χ3v) is 1.39. The van der Waals surface area contributed by atoms with Crippen LogP contribution >= 0.6 is 0 Å². The summed E-state index contributed by atoms with van der Waals surface area (Å²) in [6.45, 7) is 0. The van der Waals surface area contributed by atoms with Gasteiger partial charge in [0, 0.05) is 6.07 Å². The Morgan fingerprint density at radius 2 is 1.89 bits per heavy atom. The number of hydrogen-bond donors (Lipinski definition) is 3. The van der Waals surface area contributed by atoms with Crippen molar-refractivity contribution in [3.63, 3.8) is 0 Å². The average molecular weight is 269 g/mol. The van der Waals surface area contributed by atoms with Gasteiger partial charge >= 0.3 is 12.1 Å². The smallest absolute Gasteiger partial charge is 0.475 e. The second-order valence-electron chi connectivity index (χ2n) is 2.70. The van der Waals surface area contributed by atoms with Gasteiger partial charge in [-0.1, -0.05) is 0 Å². The van der Waals surface area contributed by atoms with Gasteiger partial charge in [0.2, 0.25) is 0 Å². The molecule has 0 aliphatic heterocycles. The van der Waals surface area contributed by atoms with E-state index < -0.39 is 23.0 Å². The number of rotatable bonds is 2. The number of amides is 1.